The first-order valence-corrected chi connectivity index (χ1v) is 14.2. The third kappa shape index (κ3) is 6.40. The summed E-state index contributed by atoms with van der Waals surface area (Å²) in [6.07, 6.45) is 1.55. The highest BCUT2D eigenvalue weighted by Crippen LogP contribution is 2.39. The Morgan fingerprint density at radius 3 is 1.56 bits per heavy atom. The molecule has 0 aliphatic carbocycles. The summed E-state index contributed by atoms with van der Waals surface area (Å²) in [6.45, 7) is 2.40. The molecule has 0 N–H and O–H groups in total. The Bertz CT molecular complexity index is 1680. The molecule has 3 nitrogen and oxygen atoms in total. The lowest BCUT2D eigenvalue weighted by atomic mass is 9.85. The Hall–Kier alpha value is -5.07. The van der Waals surface area contributed by atoms with Crippen molar-refractivity contribution in [3.63, 3.8) is 0 Å². The maximum absolute atomic E-state index is 14.7. The highest BCUT2D eigenvalue weighted by molar-refractivity contribution is 6.53. The molecule has 1 heterocycles. The number of ether oxygens (including phenoxy) is 1. The first-order valence-electron chi connectivity index (χ1n) is 14.2. The van der Waals surface area contributed by atoms with Crippen LogP contribution in [0, 0.1) is 6.10 Å². The summed E-state index contributed by atoms with van der Waals surface area (Å²) >= 11 is 0. The molecule has 0 aromatic heterocycles. The Balaban J connectivity index is 1.43. The van der Waals surface area contributed by atoms with E-state index in [1.807, 2.05) is 85.8 Å². The van der Waals surface area contributed by atoms with Gasteiger partial charge in [-0.1, -0.05) is 103 Å². The fourth-order valence-corrected chi connectivity index (χ4v) is 5.22. The van der Waals surface area contributed by atoms with Gasteiger partial charge in [-0.2, -0.15) is 0 Å². The van der Waals surface area contributed by atoms with Crippen LogP contribution in [0.15, 0.2) is 146 Å². The highest BCUT2D eigenvalue weighted by atomic mass is 19.3. The summed E-state index contributed by atoms with van der Waals surface area (Å²) in [5, 5.41) is 0. The van der Waals surface area contributed by atoms with E-state index in [0.717, 1.165) is 33.4 Å². The summed E-state index contributed by atoms with van der Waals surface area (Å²) in [4.78, 5) is 0. The topological polar surface area (TPSA) is 27.7 Å². The summed E-state index contributed by atoms with van der Waals surface area (Å²) < 4.78 is 44.9. The molecule has 0 atom stereocenters. The fourth-order valence-electron chi connectivity index (χ4n) is 5.22. The summed E-state index contributed by atoms with van der Waals surface area (Å²) in [5.74, 6) is 0.701. The van der Waals surface area contributed by atoms with Crippen LogP contribution in [0.4, 0.5) is 8.63 Å². The van der Waals surface area contributed by atoms with E-state index in [2.05, 4.69) is 36.4 Å². The van der Waals surface area contributed by atoms with Crippen molar-refractivity contribution in [2.45, 2.75) is 6.92 Å². The van der Waals surface area contributed by atoms with Gasteiger partial charge >= 0.3 is 7.11 Å². The average Bonchev–Trinajstić information content (AvgIpc) is 3.05. The molecule has 0 fully saturated rings. The highest BCUT2D eigenvalue weighted by Gasteiger charge is 2.43. The molecule has 212 valence electrons. The number of benzene rings is 5. The van der Waals surface area contributed by atoms with Crippen LogP contribution in [0.25, 0.3) is 16.9 Å². The van der Waals surface area contributed by atoms with Gasteiger partial charge in [0.05, 0.1) is 18.2 Å². The smallest absolute Gasteiger partial charge is 0.589 e. The minimum absolute atomic E-state index is 0.0405. The van der Waals surface area contributed by atoms with Gasteiger partial charge in [-0.05, 0) is 52.5 Å². The third-order valence-corrected chi connectivity index (χ3v) is 7.14. The van der Waals surface area contributed by atoms with Gasteiger partial charge in [0, 0.05) is 24.3 Å². The molecular formula is C37H29BF2O3. The van der Waals surface area contributed by atoms with E-state index in [0.29, 0.717) is 23.5 Å². The van der Waals surface area contributed by atoms with Crippen LogP contribution in [0.3, 0.4) is 0 Å². The molecule has 0 bridgehead atoms. The second-order valence-electron chi connectivity index (χ2n) is 10.0. The van der Waals surface area contributed by atoms with Gasteiger partial charge in [0.25, 0.3) is 0 Å². The predicted octanol–water partition coefficient (Wildman–Crippen LogP) is 9.44. The second kappa shape index (κ2) is 12.4. The average molecular weight is 570 g/mol. The molecule has 5 aromatic carbocycles. The van der Waals surface area contributed by atoms with Crippen LogP contribution in [-0.2, 0) is 9.31 Å². The largest absolute Gasteiger partial charge is 0.687 e. The van der Waals surface area contributed by atoms with Crippen molar-refractivity contribution in [3.05, 3.63) is 185 Å². The Morgan fingerprint density at radius 2 is 1.09 bits per heavy atom. The molecule has 1 aliphatic rings. The number of hydrogen-bond acceptors (Lipinski definition) is 3. The molecule has 0 saturated heterocycles. The van der Waals surface area contributed by atoms with Crippen molar-refractivity contribution in [2.75, 3.05) is 6.61 Å². The van der Waals surface area contributed by atoms with E-state index in [1.165, 1.54) is 6.08 Å². The van der Waals surface area contributed by atoms with Gasteiger partial charge in [0.15, 0.2) is 5.76 Å². The molecule has 5 aromatic rings. The van der Waals surface area contributed by atoms with Gasteiger partial charge in [0.1, 0.15) is 17.4 Å². The first kappa shape index (κ1) is 28.1. The number of halogens is 2. The van der Waals surface area contributed by atoms with Gasteiger partial charge in [-0.25, -0.2) is 0 Å². The van der Waals surface area contributed by atoms with Gasteiger partial charge in [0.2, 0.25) is 0 Å². The van der Waals surface area contributed by atoms with Crippen LogP contribution >= 0.6 is 0 Å². The van der Waals surface area contributed by atoms with Crippen LogP contribution in [-0.4, -0.2) is 13.7 Å². The lowest BCUT2D eigenvalue weighted by Gasteiger charge is -2.32. The molecule has 6 heteroatoms. The van der Waals surface area contributed by atoms with E-state index in [-0.39, 0.29) is 11.9 Å². The first-order chi connectivity index (χ1) is 21.0. The number of rotatable bonds is 8. The SMILES string of the molecule is CCOc1ccc([C+]2C=C(c3ccc(C(=C(c4ccccc4)c4ccccc4)c4ccccc4)cc3)O[B-](F)(F)O2)cc1. The minimum atomic E-state index is -4.55. The second-order valence-corrected chi connectivity index (χ2v) is 10.0. The van der Waals surface area contributed by atoms with E-state index in [1.54, 1.807) is 24.3 Å². The molecule has 6 rings (SSSR count). The van der Waals surface area contributed by atoms with Crippen LogP contribution < -0.4 is 4.74 Å². The van der Waals surface area contributed by atoms with E-state index < -0.39 is 7.11 Å². The monoisotopic (exact) mass is 570 g/mol. The lowest BCUT2D eigenvalue weighted by Crippen LogP contribution is -2.36. The van der Waals surface area contributed by atoms with Crippen molar-refractivity contribution in [3.8, 4) is 5.75 Å². The molecule has 0 radical (unpaired) electrons. The zero-order valence-electron chi connectivity index (χ0n) is 23.6. The quantitative estimate of drug-likeness (QED) is 0.106. The van der Waals surface area contributed by atoms with Crippen LogP contribution in [0.5, 0.6) is 5.75 Å². The molecule has 1 aliphatic heterocycles. The maximum Gasteiger partial charge on any atom is 0.687 e. The molecule has 0 unspecified atom stereocenters. The molecule has 0 spiro atoms. The van der Waals surface area contributed by atoms with E-state index >= 15 is 0 Å². The zero-order chi connectivity index (χ0) is 29.6. The predicted molar refractivity (Wildman–Crippen MR) is 169 cm³/mol. The molecular weight excluding hydrogens is 541 g/mol. The lowest BCUT2D eigenvalue weighted by molar-refractivity contribution is 0.148. The van der Waals surface area contributed by atoms with E-state index in [4.69, 9.17) is 14.0 Å². The van der Waals surface area contributed by atoms with Crippen LogP contribution in [0.2, 0.25) is 0 Å². The molecule has 0 amide bonds. The van der Waals surface area contributed by atoms with Crippen molar-refractivity contribution in [2.24, 2.45) is 0 Å². The van der Waals surface area contributed by atoms with Gasteiger partial charge in [-0.15, -0.1) is 0 Å². The standard InChI is InChI=1S/C37H29BF2O3/c1-2-41-33-24-22-28(23-25-33)35-26-34(42-38(39,40)43-35)27-18-20-32(21-19-27)37(31-16-10-5-11-17-31)36(29-12-6-3-7-13-29)30-14-8-4-9-15-30/h3-26H,2H2,1H3. The molecule has 43 heavy (non-hydrogen) atoms. The van der Waals surface area contributed by atoms with Crippen molar-refractivity contribution in [1.82, 2.24) is 0 Å². The summed E-state index contributed by atoms with van der Waals surface area (Å²) in [6, 6.07) is 45.1. The van der Waals surface area contributed by atoms with Crippen molar-refractivity contribution in [1.29, 1.82) is 0 Å². The Labute approximate surface area is 250 Å². The third-order valence-electron chi connectivity index (χ3n) is 7.14. The minimum Gasteiger partial charge on any atom is -0.589 e. The normalized spacial score (nSPS) is 13.9. The summed E-state index contributed by atoms with van der Waals surface area (Å²) in [5.41, 5.74) is 7.26. The molecule has 0 saturated carbocycles. The van der Waals surface area contributed by atoms with Gasteiger partial charge < -0.3 is 22.7 Å². The fraction of sp³-hybridized carbons (Fsp3) is 0.0541. The maximum atomic E-state index is 14.7. The van der Waals surface area contributed by atoms with Crippen LogP contribution in [0.1, 0.15) is 40.3 Å². The van der Waals surface area contributed by atoms with Gasteiger partial charge in [-0.3, -0.25) is 0 Å². The van der Waals surface area contributed by atoms with E-state index in [9.17, 15) is 8.63 Å². The van der Waals surface area contributed by atoms with Crippen molar-refractivity contribution < 1.29 is 22.7 Å². The summed E-state index contributed by atoms with van der Waals surface area (Å²) in [7, 11) is -4.55. The Kier molecular flexibility index (Phi) is 8.12. The van der Waals surface area contributed by atoms with Crippen molar-refractivity contribution >= 4 is 24.0 Å². The zero-order valence-corrected chi connectivity index (χ0v) is 23.6. The number of hydrogen-bond donors (Lipinski definition) is 0. The Morgan fingerprint density at radius 1 is 0.628 bits per heavy atom.